The second kappa shape index (κ2) is 5.74. The highest BCUT2D eigenvalue weighted by atomic mass is 16.6. The predicted molar refractivity (Wildman–Crippen MR) is 98.7 cm³/mol. The van der Waals surface area contributed by atoms with Gasteiger partial charge >= 0.3 is 5.97 Å². The first-order chi connectivity index (χ1) is 13.5. The number of esters is 1. The van der Waals surface area contributed by atoms with Gasteiger partial charge in [-0.3, -0.25) is 0 Å². The summed E-state index contributed by atoms with van der Waals surface area (Å²) in [7, 11) is 1.57. The molecule has 0 saturated heterocycles. The Morgan fingerprint density at radius 3 is 2.18 bits per heavy atom. The number of aromatic hydroxyl groups is 2. The molecule has 2 N–H and O–H groups in total. The molecule has 2 aliphatic heterocycles. The molecule has 0 aromatic heterocycles. The average molecular weight is 376 g/mol. The predicted octanol–water partition coefficient (Wildman–Crippen LogP) is 3.81. The SMILES string of the molecule is COCc1cccc2c1C(=O)OC21c2ccc(O)cc2Oc2cc(O)ccc21. The summed E-state index contributed by atoms with van der Waals surface area (Å²) in [5, 5.41) is 19.9. The Bertz CT molecular complexity index is 1080. The number of carbonyl (C=O) groups is 1. The molecular formula is C22H16O6. The van der Waals surface area contributed by atoms with Crippen molar-refractivity contribution in [3.8, 4) is 23.0 Å². The fraction of sp³-hybridized carbons (Fsp3) is 0.136. The Morgan fingerprint density at radius 2 is 1.57 bits per heavy atom. The number of carbonyl (C=O) groups excluding carboxylic acids is 1. The summed E-state index contributed by atoms with van der Waals surface area (Å²) in [5.41, 5.74) is 1.84. The fourth-order valence-corrected chi connectivity index (χ4v) is 4.09. The number of hydrogen-bond acceptors (Lipinski definition) is 6. The van der Waals surface area contributed by atoms with Gasteiger partial charge in [0.15, 0.2) is 5.60 Å². The van der Waals surface area contributed by atoms with Crippen LogP contribution in [0.5, 0.6) is 23.0 Å². The Balaban J connectivity index is 1.87. The van der Waals surface area contributed by atoms with Crippen molar-refractivity contribution in [1.82, 2.24) is 0 Å². The molecule has 0 unspecified atom stereocenters. The zero-order chi connectivity index (χ0) is 19.5. The van der Waals surface area contributed by atoms with Crippen molar-refractivity contribution >= 4 is 5.97 Å². The number of rotatable bonds is 2. The van der Waals surface area contributed by atoms with E-state index in [1.54, 1.807) is 19.2 Å². The minimum atomic E-state index is -1.24. The molecule has 5 rings (SSSR count). The van der Waals surface area contributed by atoms with E-state index in [-0.39, 0.29) is 18.1 Å². The van der Waals surface area contributed by atoms with Gasteiger partial charge in [-0.1, -0.05) is 18.2 Å². The summed E-state index contributed by atoms with van der Waals surface area (Å²) in [6, 6.07) is 14.9. The molecule has 0 amide bonds. The first-order valence-corrected chi connectivity index (χ1v) is 8.74. The lowest BCUT2D eigenvalue weighted by molar-refractivity contribution is 0.0222. The van der Waals surface area contributed by atoms with E-state index in [1.165, 1.54) is 24.3 Å². The van der Waals surface area contributed by atoms with Gasteiger partial charge in [0.2, 0.25) is 0 Å². The van der Waals surface area contributed by atoms with Crippen LogP contribution in [-0.4, -0.2) is 23.3 Å². The van der Waals surface area contributed by atoms with E-state index in [0.717, 1.165) is 5.56 Å². The normalized spacial score (nSPS) is 15.4. The zero-order valence-corrected chi connectivity index (χ0v) is 14.9. The lowest BCUT2D eigenvalue weighted by Crippen LogP contribution is -2.32. The van der Waals surface area contributed by atoms with Crippen molar-refractivity contribution in [3.05, 3.63) is 82.4 Å². The van der Waals surface area contributed by atoms with Crippen molar-refractivity contribution in [2.24, 2.45) is 0 Å². The van der Waals surface area contributed by atoms with E-state index in [2.05, 4.69) is 0 Å². The highest BCUT2D eigenvalue weighted by Crippen LogP contribution is 2.57. The summed E-state index contributed by atoms with van der Waals surface area (Å²) in [6.45, 7) is 0.274. The Hall–Kier alpha value is -3.51. The van der Waals surface area contributed by atoms with E-state index in [4.69, 9.17) is 14.2 Å². The maximum Gasteiger partial charge on any atom is 0.340 e. The quantitative estimate of drug-likeness (QED) is 0.662. The van der Waals surface area contributed by atoms with Gasteiger partial charge in [-0.15, -0.1) is 0 Å². The summed E-state index contributed by atoms with van der Waals surface area (Å²) < 4.78 is 17.2. The molecule has 28 heavy (non-hydrogen) atoms. The zero-order valence-electron chi connectivity index (χ0n) is 14.9. The molecule has 0 aliphatic carbocycles. The minimum Gasteiger partial charge on any atom is -0.508 e. The van der Waals surface area contributed by atoms with E-state index in [1.807, 2.05) is 18.2 Å². The molecule has 0 saturated carbocycles. The first kappa shape index (κ1) is 16.6. The summed E-state index contributed by atoms with van der Waals surface area (Å²) in [6.07, 6.45) is 0. The molecular weight excluding hydrogens is 360 g/mol. The Morgan fingerprint density at radius 1 is 0.929 bits per heavy atom. The monoisotopic (exact) mass is 376 g/mol. The summed E-state index contributed by atoms with van der Waals surface area (Å²) >= 11 is 0. The standard InChI is InChI=1S/C22H16O6/c1-26-11-12-3-2-4-17-20(12)21(25)28-22(17)15-7-5-13(23)9-18(15)27-19-10-14(24)6-8-16(19)22/h2-10,23-24H,11H2,1H3. The van der Waals surface area contributed by atoms with Gasteiger partial charge in [-0.2, -0.15) is 0 Å². The van der Waals surface area contributed by atoms with Crippen LogP contribution in [0.4, 0.5) is 0 Å². The highest BCUT2D eigenvalue weighted by Gasteiger charge is 2.54. The average Bonchev–Trinajstić information content (AvgIpc) is 2.96. The van der Waals surface area contributed by atoms with Crippen LogP contribution in [-0.2, 0) is 21.7 Å². The third-order valence-electron chi connectivity index (χ3n) is 5.19. The van der Waals surface area contributed by atoms with Gasteiger partial charge in [0.05, 0.1) is 12.2 Å². The van der Waals surface area contributed by atoms with Crippen molar-refractivity contribution in [3.63, 3.8) is 0 Å². The van der Waals surface area contributed by atoms with Crippen LogP contribution in [0.25, 0.3) is 0 Å². The van der Waals surface area contributed by atoms with Crippen LogP contribution in [0.3, 0.4) is 0 Å². The molecule has 3 aromatic carbocycles. The number of fused-ring (bicyclic) bond motifs is 6. The number of phenolic OH excluding ortho intramolecular Hbond substituents is 2. The lowest BCUT2D eigenvalue weighted by atomic mass is 9.77. The molecule has 6 nitrogen and oxygen atoms in total. The third-order valence-corrected chi connectivity index (χ3v) is 5.19. The molecule has 0 atom stereocenters. The van der Waals surface area contributed by atoms with Crippen molar-refractivity contribution in [2.75, 3.05) is 7.11 Å². The van der Waals surface area contributed by atoms with Gasteiger partial charge in [0.1, 0.15) is 23.0 Å². The molecule has 140 valence electrons. The molecule has 0 radical (unpaired) electrons. The van der Waals surface area contributed by atoms with Crippen molar-refractivity contribution in [2.45, 2.75) is 12.2 Å². The number of phenols is 2. The van der Waals surface area contributed by atoms with E-state index >= 15 is 0 Å². The number of methoxy groups -OCH3 is 1. The maximum atomic E-state index is 13.0. The smallest absolute Gasteiger partial charge is 0.340 e. The number of benzene rings is 3. The minimum absolute atomic E-state index is 0.0233. The highest BCUT2D eigenvalue weighted by molar-refractivity contribution is 5.98. The first-order valence-electron chi connectivity index (χ1n) is 8.74. The number of ether oxygens (including phenoxy) is 3. The van der Waals surface area contributed by atoms with Gasteiger partial charge in [-0.05, 0) is 29.8 Å². The largest absolute Gasteiger partial charge is 0.508 e. The number of hydrogen-bond donors (Lipinski definition) is 2. The Kier molecular flexibility index (Phi) is 3.41. The topological polar surface area (TPSA) is 85.2 Å². The maximum absolute atomic E-state index is 13.0. The van der Waals surface area contributed by atoms with Gasteiger partial charge < -0.3 is 24.4 Å². The molecule has 6 heteroatoms. The van der Waals surface area contributed by atoms with Crippen LogP contribution in [0.15, 0.2) is 54.6 Å². The second-order valence-corrected chi connectivity index (χ2v) is 6.81. The molecule has 0 fully saturated rings. The van der Waals surface area contributed by atoms with E-state index in [9.17, 15) is 15.0 Å². The molecule has 3 aromatic rings. The van der Waals surface area contributed by atoms with Crippen molar-refractivity contribution < 1.29 is 29.2 Å². The van der Waals surface area contributed by atoms with Gasteiger partial charge in [0, 0.05) is 35.9 Å². The lowest BCUT2D eigenvalue weighted by Gasteiger charge is -2.36. The van der Waals surface area contributed by atoms with Crippen LogP contribution in [0.1, 0.15) is 32.6 Å². The fourth-order valence-electron chi connectivity index (χ4n) is 4.09. The summed E-state index contributed by atoms with van der Waals surface area (Å²) in [5.74, 6) is 0.305. The van der Waals surface area contributed by atoms with Gasteiger partial charge in [0.25, 0.3) is 0 Å². The molecule has 2 aliphatic rings. The van der Waals surface area contributed by atoms with E-state index < -0.39 is 11.6 Å². The van der Waals surface area contributed by atoms with E-state index in [0.29, 0.717) is 33.8 Å². The van der Waals surface area contributed by atoms with Crippen LogP contribution in [0, 0.1) is 0 Å². The van der Waals surface area contributed by atoms with Crippen LogP contribution < -0.4 is 4.74 Å². The van der Waals surface area contributed by atoms with Gasteiger partial charge in [-0.25, -0.2) is 4.79 Å². The Labute approximate surface area is 160 Å². The molecule has 0 bridgehead atoms. The van der Waals surface area contributed by atoms with Crippen LogP contribution >= 0.6 is 0 Å². The molecule has 1 spiro atoms. The third kappa shape index (κ3) is 2.09. The molecule has 2 heterocycles. The second-order valence-electron chi connectivity index (χ2n) is 6.81. The van der Waals surface area contributed by atoms with Crippen molar-refractivity contribution in [1.29, 1.82) is 0 Å². The summed E-state index contributed by atoms with van der Waals surface area (Å²) in [4.78, 5) is 13.0. The van der Waals surface area contributed by atoms with Crippen LogP contribution in [0.2, 0.25) is 0 Å².